The number of rotatable bonds is 7. The van der Waals surface area contributed by atoms with Crippen molar-refractivity contribution in [1.82, 2.24) is 19.7 Å². The van der Waals surface area contributed by atoms with Gasteiger partial charge in [-0.25, -0.2) is 4.98 Å². The van der Waals surface area contributed by atoms with Gasteiger partial charge in [-0.1, -0.05) is 12.1 Å². The number of aryl methyl sites for hydroxylation is 2. The van der Waals surface area contributed by atoms with Crippen LogP contribution in [-0.4, -0.2) is 39.6 Å². The Bertz CT molecular complexity index is 1310. The minimum atomic E-state index is -0.137. The van der Waals surface area contributed by atoms with E-state index in [-0.39, 0.29) is 17.7 Å². The molecule has 7 nitrogen and oxygen atoms in total. The van der Waals surface area contributed by atoms with Crippen molar-refractivity contribution < 1.29 is 9.47 Å². The van der Waals surface area contributed by atoms with Crippen molar-refractivity contribution in [3.8, 4) is 17.0 Å². The lowest BCUT2D eigenvalue weighted by Crippen LogP contribution is -2.11. The standard InChI is InChI=1S/C25H30N4O3/c1-14(2)32-22-11-15(3)23(17(5)27-22)18-7-8-19-21(12-18)28-25(30)20-13-26-29(24(19)20)16(4)9-10-31-6/h7-8,11-14,16H,9-10H2,1-6H3,(H,28,30)/t16-/m1/s1. The molecule has 0 radical (unpaired) electrons. The van der Waals surface area contributed by atoms with E-state index in [9.17, 15) is 4.79 Å². The van der Waals surface area contributed by atoms with Crippen molar-refractivity contribution >= 4 is 21.8 Å². The maximum absolute atomic E-state index is 12.8. The number of pyridine rings is 2. The average molecular weight is 435 g/mol. The molecular weight excluding hydrogens is 404 g/mol. The van der Waals surface area contributed by atoms with E-state index >= 15 is 0 Å². The topological polar surface area (TPSA) is 82.0 Å². The summed E-state index contributed by atoms with van der Waals surface area (Å²) in [5.74, 6) is 0.628. The third-order valence-corrected chi connectivity index (χ3v) is 5.74. The summed E-state index contributed by atoms with van der Waals surface area (Å²) in [6, 6.07) is 8.23. The summed E-state index contributed by atoms with van der Waals surface area (Å²) in [5, 5.41) is 6.08. The first-order valence-corrected chi connectivity index (χ1v) is 11.0. The van der Waals surface area contributed by atoms with Crippen molar-refractivity contribution in [2.75, 3.05) is 13.7 Å². The van der Waals surface area contributed by atoms with E-state index in [4.69, 9.17) is 9.47 Å². The molecule has 0 fully saturated rings. The highest BCUT2D eigenvalue weighted by molar-refractivity contribution is 6.04. The Balaban J connectivity index is 1.85. The lowest BCUT2D eigenvalue weighted by molar-refractivity contribution is 0.179. The fraction of sp³-hybridized carbons (Fsp3) is 0.400. The normalized spacial score (nSPS) is 12.7. The van der Waals surface area contributed by atoms with Crippen molar-refractivity contribution in [3.05, 3.63) is 52.1 Å². The van der Waals surface area contributed by atoms with Gasteiger partial charge in [-0.05, 0) is 58.2 Å². The van der Waals surface area contributed by atoms with E-state index in [0.29, 0.717) is 17.9 Å². The molecule has 0 spiro atoms. The van der Waals surface area contributed by atoms with Gasteiger partial charge in [0.2, 0.25) is 5.88 Å². The molecular formula is C25H30N4O3. The van der Waals surface area contributed by atoms with Crippen molar-refractivity contribution in [3.63, 3.8) is 0 Å². The molecule has 3 aromatic heterocycles. The van der Waals surface area contributed by atoms with Crippen LogP contribution in [0.2, 0.25) is 0 Å². The maximum Gasteiger partial charge on any atom is 0.259 e. The van der Waals surface area contributed by atoms with Crippen LogP contribution in [0.15, 0.2) is 35.3 Å². The predicted octanol–water partition coefficient (Wildman–Crippen LogP) is 4.94. The van der Waals surface area contributed by atoms with Crippen LogP contribution in [0.5, 0.6) is 5.88 Å². The molecule has 0 aliphatic carbocycles. The largest absolute Gasteiger partial charge is 0.475 e. The van der Waals surface area contributed by atoms with Gasteiger partial charge in [0, 0.05) is 36.4 Å². The molecule has 168 valence electrons. The fourth-order valence-electron chi connectivity index (χ4n) is 4.28. The number of nitrogens with one attached hydrogen (secondary N) is 1. The van der Waals surface area contributed by atoms with E-state index in [1.54, 1.807) is 13.3 Å². The van der Waals surface area contributed by atoms with Crippen LogP contribution < -0.4 is 10.3 Å². The molecule has 7 heteroatoms. The molecule has 1 aromatic carbocycles. The summed E-state index contributed by atoms with van der Waals surface area (Å²) in [5.41, 5.74) is 5.52. The number of hydrogen-bond acceptors (Lipinski definition) is 5. The third kappa shape index (κ3) is 4.00. The highest BCUT2D eigenvalue weighted by Crippen LogP contribution is 2.32. The first-order valence-electron chi connectivity index (χ1n) is 11.0. The second kappa shape index (κ2) is 8.74. The molecule has 3 heterocycles. The van der Waals surface area contributed by atoms with Gasteiger partial charge in [0.05, 0.1) is 34.8 Å². The number of H-pyrrole nitrogens is 1. The summed E-state index contributed by atoms with van der Waals surface area (Å²) in [7, 11) is 1.69. The lowest BCUT2D eigenvalue weighted by atomic mass is 9.98. The number of benzene rings is 1. The zero-order chi connectivity index (χ0) is 23.0. The van der Waals surface area contributed by atoms with Crippen molar-refractivity contribution in [2.24, 2.45) is 0 Å². The molecule has 4 aromatic rings. The van der Waals surface area contributed by atoms with Crippen LogP contribution in [0.3, 0.4) is 0 Å². The van der Waals surface area contributed by atoms with Crippen LogP contribution >= 0.6 is 0 Å². The summed E-state index contributed by atoms with van der Waals surface area (Å²) in [4.78, 5) is 20.5. The summed E-state index contributed by atoms with van der Waals surface area (Å²) in [6.45, 7) is 10.7. The van der Waals surface area contributed by atoms with Gasteiger partial charge in [-0.3, -0.25) is 9.48 Å². The number of hydrogen-bond donors (Lipinski definition) is 1. The Kier molecular flexibility index (Phi) is 6.02. The highest BCUT2D eigenvalue weighted by atomic mass is 16.5. The second-order valence-electron chi connectivity index (χ2n) is 8.60. The fourth-order valence-corrected chi connectivity index (χ4v) is 4.28. The van der Waals surface area contributed by atoms with E-state index in [0.717, 1.165) is 45.2 Å². The molecule has 1 atom stereocenters. The average Bonchev–Trinajstić information content (AvgIpc) is 3.17. The quantitative estimate of drug-likeness (QED) is 0.445. The number of ether oxygens (including phenoxy) is 2. The van der Waals surface area contributed by atoms with E-state index in [2.05, 4.69) is 41.0 Å². The number of aromatic nitrogens is 4. The van der Waals surface area contributed by atoms with Gasteiger partial charge < -0.3 is 14.5 Å². The Morgan fingerprint density at radius 2 is 1.91 bits per heavy atom. The molecule has 0 aliphatic heterocycles. The molecule has 0 saturated heterocycles. The number of methoxy groups -OCH3 is 1. The number of fused-ring (bicyclic) bond motifs is 3. The van der Waals surface area contributed by atoms with Crippen LogP contribution in [0.25, 0.3) is 32.9 Å². The maximum atomic E-state index is 12.8. The van der Waals surface area contributed by atoms with Gasteiger partial charge >= 0.3 is 0 Å². The van der Waals surface area contributed by atoms with Gasteiger partial charge in [0.1, 0.15) is 0 Å². The van der Waals surface area contributed by atoms with E-state index in [1.807, 2.05) is 37.6 Å². The van der Waals surface area contributed by atoms with E-state index < -0.39 is 0 Å². The Morgan fingerprint density at radius 3 is 2.59 bits per heavy atom. The van der Waals surface area contributed by atoms with Crippen LogP contribution in [0.1, 0.15) is 44.5 Å². The molecule has 32 heavy (non-hydrogen) atoms. The van der Waals surface area contributed by atoms with Crippen LogP contribution in [0.4, 0.5) is 0 Å². The molecule has 0 unspecified atom stereocenters. The van der Waals surface area contributed by atoms with Gasteiger partial charge in [-0.2, -0.15) is 5.10 Å². The monoisotopic (exact) mass is 434 g/mol. The van der Waals surface area contributed by atoms with Crippen LogP contribution in [0, 0.1) is 13.8 Å². The molecule has 0 amide bonds. The minimum Gasteiger partial charge on any atom is -0.475 e. The number of aromatic amines is 1. The minimum absolute atomic E-state index is 0.0661. The SMILES string of the molecule is COCC[C@@H](C)n1ncc2c(=O)[nH]c3cc(-c4c(C)cc(OC(C)C)nc4C)ccc3c21. The zero-order valence-corrected chi connectivity index (χ0v) is 19.5. The number of nitrogens with zero attached hydrogens (tertiary/aromatic N) is 3. The molecule has 4 rings (SSSR count). The second-order valence-corrected chi connectivity index (χ2v) is 8.60. The Labute approximate surface area is 187 Å². The van der Waals surface area contributed by atoms with Crippen molar-refractivity contribution in [2.45, 2.75) is 53.2 Å². The first kappa shape index (κ1) is 22.0. The van der Waals surface area contributed by atoms with Crippen molar-refractivity contribution in [1.29, 1.82) is 0 Å². The predicted molar refractivity (Wildman–Crippen MR) is 128 cm³/mol. The summed E-state index contributed by atoms with van der Waals surface area (Å²) >= 11 is 0. The van der Waals surface area contributed by atoms with Gasteiger partial charge in [0.15, 0.2) is 0 Å². The zero-order valence-electron chi connectivity index (χ0n) is 19.5. The first-order chi connectivity index (χ1) is 15.3. The lowest BCUT2D eigenvalue weighted by Gasteiger charge is -2.16. The smallest absolute Gasteiger partial charge is 0.259 e. The third-order valence-electron chi connectivity index (χ3n) is 5.74. The van der Waals surface area contributed by atoms with Gasteiger partial charge in [-0.15, -0.1) is 0 Å². The van der Waals surface area contributed by atoms with Gasteiger partial charge in [0.25, 0.3) is 5.56 Å². The highest BCUT2D eigenvalue weighted by Gasteiger charge is 2.17. The molecule has 0 aliphatic rings. The Hall–Kier alpha value is -3.19. The van der Waals surface area contributed by atoms with E-state index in [1.165, 1.54) is 0 Å². The molecule has 0 saturated carbocycles. The van der Waals surface area contributed by atoms with Crippen LogP contribution in [-0.2, 0) is 4.74 Å². The summed E-state index contributed by atoms with van der Waals surface area (Å²) < 4.78 is 12.9. The Morgan fingerprint density at radius 1 is 1.12 bits per heavy atom. The molecule has 1 N–H and O–H groups in total. The molecule has 0 bridgehead atoms. The summed E-state index contributed by atoms with van der Waals surface area (Å²) in [6.07, 6.45) is 2.53.